The second-order valence-electron chi connectivity index (χ2n) is 6.20. The molecule has 0 unspecified atom stereocenters. The van der Waals surface area contributed by atoms with Crippen LogP contribution in [0.3, 0.4) is 0 Å². The molecule has 0 spiro atoms. The number of ether oxygens (including phenoxy) is 1. The number of hydrogen-bond donors (Lipinski definition) is 1. The van der Waals surface area contributed by atoms with Crippen LogP contribution in [0.4, 0.5) is 0 Å². The SMILES string of the molecule is C[C@@H]1C[C@H](C)CN(C[C@@H](O)COc2ccc(Cl)cc2Cl)C1. The topological polar surface area (TPSA) is 32.7 Å². The molecule has 3 nitrogen and oxygen atoms in total. The van der Waals surface area contributed by atoms with Crippen LogP contribution in [0.25, 0.3) is 0 Å². The van der Waals surface area contributed by atoms with Crippen LogP contribution in [0.1, 0.15) is 20.3 Å². The standard InChI is InChI=1S/C16H23Cl2NO2/c1-11-5-12(2)8-19(7-11)9-14(20)10-21-16-4-3-13(17)6-15(16)18/h3-4,6,11-12,14,20H,5,7-10H2,1-2H3/t11-,12+,14-/m1/s1. The van der Waals surface area contributed by atoms with Gasteiger partial charge in [0.2, 0.25) is 0 Å². The summed E-state index contributed by atoms with van der Waals surface area (Å²) in [4.78, 5) is 2.32. The van der Waals surface area contributed by atoms with E-state index in [4.69, 9.17) is 27.9 Å². The average molecular weight is 332 g/mol. The number of β-amino-alcohol motifs (C(OH)–C–C–N with tert-alkyl or cyclic N) is 1. The van der Waals surface area contributed by atoms with Gasteiger partial charge in [0.1, 0.15) is 18.5 Å². The van der Waals surface area contributed by atoms with Gasteiger partial charge in [-0.1, -0.05) is 37.0 Å². The van der Waals surface area contributed by atoms with Gasteiger partial charge in [-0.05, 0) is 36.5 Å². The minimum Gasteiger partial charge on any atom is -0.489 e. The second-order valence-corrected chi connectivity index (χ2v) is 7.05. The minimum absolute atomic E-state index is 0.237. The molecule has 1 aliphatic rings. The molecule has 0 bridgehead atoms. The Balaban J connectivity index is 1.80. The van der Waals surface area contributed by atoms with E-state index < -0.39 is 6.10 Å². The number of hydrogen-bond acceptors (Lipinski definition) is 3. The monoisotopic (exact) mass is 331 g/mol. The molecule has 1 heterocycles. The van der Waals surface area contributed by atoms with Gasteiger partial charge < -0.3 is 14.7 Å². The zero-order valence-electron chi connectivity index (χ0n) is 12.6. The van der Waals surface area contributed by atoms with Crippen molar-refractivity contribution in [3.05, 3.63) is 28.2 Å². The molecule has 5 heteroatoms. The van der Waals surface area contributed by atoms with E-state index in [0.29, 0.717) is 34.2 Å². The molecule has 0 saturated carbocycles. The molecule has 2 rings (SSSR count). The van der Waals surface area contributed by atoms with E-state index in [1.165, 1.54) is 6.42 Å². The molecule has 1 aromatic rings. The van der Waals surface area contributed by atoms with Crippen LogP contribution < -0.4 is 4.74 Å². The number of benzene rings is 1. The lowest BCUT2D eigenvalue weighted by Gasteiger charge is -2.35. The number of aliphatic hydroxyl groups excluding tert-OH is 1. The Morgan fingerprint density at radius 1 is 1.29 bits per heavy atom. The average Bonchev–Trinajstić information content (AvgIpc) is 2.36. The quantitative estimate of drug-likeness (QED) is 0.892. The van der Waals surface area contributed by atoms with Crippen molar-refractivity contribution in [2.24, 2.45) is 11.8 Å². The molecular formula is C16H23Cl2NO2. The van der Waals surface area contributed by atoms with Crippen molar-refractivity contribution in [1.29, 1.82) is 0 Å². The van der Waals surface area contributed by atoms with Gasteiger partial charge in [-0.3, -0.25) is 0 Å². The molecule has 1 aromatic carbocycles. The van der Waals surface area contributed by atoms with Gasteiger partial charge in [-0.15, -0.1) is 0 Å². The smallest absolute Gasteiger partial charge is 0.138 e. The predicted octanol–water partition coefficient (Wildman–Crippen LogP) is 3.71. The van der Waals surface area contributed by atoms with Gasteiger partial charge in [-0.25, -0.2) is 0 Å². The van der Waals surface area contributed by atoms with E-state index in [1.807, 2.05) is 0 Å². The molecule has 21 heavy (non-hydrogen) atoms. The fraction of sp³-hybridized carbons (Fsp3) is 0.625. The summed E-state index contributed by atoms with van der Waals surface area (Å²) in [5, 5.41) is 11.2. The summed E-state index contributed by atoms with van der Waals surface area (Å²) >= 11 is 11.9. The maximum atomic E-state index is 10.1. The lowest BCUT2D eigenvalue weighted by Crippen LogP contribution is -2.44. The second kappa shape index (κ2) is 7.68. The van der Waals surface area contributed by atoms with Crippen molar-refractivity contribution in [2.45, 2.75) is 26.4 Å². The van der Waals surface area contributed by atoms with E-state index in [-0.39, 0.29) is 6.61 Å². The van der Waals surface area contributed by atoms with Gasteiger partial charge in [0.05, 0.1) is 5.02 Å². The molecule has 0 radical (unpaired) electrons. The highest BCUT2D eigenvalue weighted by atomic mass is 35.5. The highest BCUT2D eigenvalue weighted by Crippen LogP contribution is 2.27. The Hall–Kier alpha value is -0.480. The highest BCUT2D eigenvalue weighted by Gasteiger charge is 2.23. The van der Waals surface area contributed by atoms with Crippen molar-refractivity contribution in [2.75, 3.05) is 26.2 Å². The van der Waals surface area contributed by atoms with E-state index in [1.54, 1.807) is 18.2 Å². The zero-order valence-corrected chi connectivity index (χ0v) is 14.1. The van der Waals surface area contributed by atoms with Crippen molar-refractivity contribution in [3.63, 3.8) is 0 Å². The summed E-state index contributed by atoms with van der Waals surface area (Å²) in [6.45, 7) is 7.49. The Morgan fingerprint density at radius 2 is 1.95 bits per heavy atom. The van der Waals surface area contributed by atoms with Crippen molar-refractivity contribution in [1.82, 2.24) is 4.90 Å². The Bertz CT molecular complexity index is 460. The van der Waals surface area contributed by atoms with E-state index in [9.17, 15) is 5.11 Å². The fourth-order valence-electron chi connectivity index (χ4n) is 3.07. The first kappa shape index (κ1) is 16.9. The summed E-state index contributed by atoms with van der Waals surface area (Å²) in [7, 11) is 0. The molecule has 3 atom stereocenters. The van der Waals surface area contributed by atoms with Crippen LogP contribution in [0, 0.1) is 11.8 Å². The number of rotatable bonds is 5. The Kier molecular flexibility index (Phi) is 6.18. The molecule has 1 saturated heterocycles. The first-order valence-electron chi connectivity index (χ1n) is 7.42. The lowest BCUT2D eigenvalue weighted by atomic mass is 9.92. The molecule has 118 valence electrons. The molecule has 1 N–H and O–H groups in total. The van der Waals surface area contributed by atoms with Gasteiger partial charge >= 0.3 is 0 Å². The zero-order chi connectivity index (χ0) is 15.4. The van der Waals surface area contributed by atoms with Crippen LogP contribution in [0.15, 0.2) is 18.2 Å². The number of halogens is 2. The van der Waals surface area contributed by atoms with Crippen molar-refractivity contribution in [3.8, 4) is 5.75 Å². The van der Waals surface area contributed by atoms with Gasteiger partial charge in [0.25, 0.3) is 0 Å². The molecule has 1 fully saturated rings. The third-order valence-electron chi connectivity index (χ3n) is 3.74. The van der Waals surface area contributed by atoms with E-state index in [0.717, 1.165) is 13.1 Å². The van der Waals surface area contributed by atoms with E-state index >= 15 is 0 Å². The van der Waals surface area contributed by atoms with Crippen molar-refractivity contribution >= 4 is 23.2 Å². The Labute approximate surface area is 136 Å². The first-order chi connectivity index (χ1) is 9.94. The van der Waals surface area contributed by atoms with Gasteiger partial charge in [0.15, 0.2) is 0 Å². The van der Waals surface area contributed by atoms with E-state index in [2.05, 4.69) is 18.7 Å². The Morgan fingerprint density at radius 3 is 2.57 bits per heavy atom. The molecule has 0 aliphatic carbocycles. The number of aliphatic hydroxyl groups is 1. The lowest BCUT2D eigenvalue weighted by molar-refractivity contribution is 0.0429. The maximum absolute atomic E-state index is 10.1. The third kappa shape index (κ3) is 5.33. The summed E-state index contributed by atoms with van der Waals surface area (Å²) in [6.07, 6.45) is 0.748. The summed E-state index contributed by atoms with van der Waals surface area (Å²) in [6, 6.07) is 5.09. The predicted molar refractivity (Wildman–Crippen MR) is 87.3 cm³/mol. The fourth-order valence-corrected chi connectivity index (χ4v) is 3.53. The largest absolute Gasteiger partial charge is 0.489 e. The van der Waals surface area contributed by atoms with Gasteiger partial charge in [-0.2, -0.15) is 0 Å². The molecular weight excluding hydrogens is 309 g/mol. The van der Waals surface area contributed by atoms with Crippen LogP contribution in [0.5, 0.6) is 5.75 Å². The van der Waals surface area contributed by atoms with Crippen LogP contribution in [-0.4, -0.2) is 42.4 Å². The van der Waals surface area contributed by atoms with Crippen LogP contribution in [0.2, 0.25) is 10.0 Å². The van der Waals surface area contributed by atoms with Crippen LogP contribution in [-0.2, 0) is 0 Å². The first-order valence-corrected chi connectivity index (χ1v) is 8.18. The third-order valence-corrected chi connectivity index (χ3v) is 4.27. The summed E-state index contributed by atoms with van der Waals surface area (Å²) < 4.78 is 5.58. The minimum atomic E-state index is -0.519. The summed E-state index contributed by atoms with van der Waals surface area (Å²) in [5.74, 6) is 1.93. The number of nitrogens with zero attached hydrogens (tertiary/aromatic N) is 1. The van der Waals surface area contributed by atoms with Crippen molar-refractivity contribution < 1.29 is 9.84 Å². The number of piperidine rings is 1. The molecule has 0 aromatic heterocycles. The highest BCUT2D eigenvalue weighted by molar-refractivity contribution is 6.35. The normalized spacial score (nSPS) is 24.8. The van der Waals surface area contributed by atoms with Crippen LogP contribution >= 0.6 is 23.2 Å². The number of likely N-dealkylation sites (tertiary alicyclic amines) is 1. The maximum Gasteiger partial charge on any atom is 0.138 e. The molecule has 0 amide bonds. The van der Waals surface area contributed by atoms with Gasteiger partial charge in [0, 0.05) is 24.7 Å². The summed E-state index contributed by atoms with van der Waals surface area (Å²) in [5.41, 5.74) is 0. The molecule has 1 aliphatic heterocycles.